The topological polar surface area (TPSA) is 154 Å². The van der Waals surface area contributed by atoms with Crippen LogP contribution in [0, 0.1) is 10.8 Å². The molecule has 32 heavy (non-hydrogen) atoms. The predicted molar refractivity (Wildman–Crippen MR) is 124 cm³/mol. The molecule has 0 aliphatic heterocycles. The molecule has 0 heterocycles. The number of carbonyl (C=O) groups is 1. The molecule has 9 heteroatoms. The first kappa shape index (κ1) is 24.2. The van der Waals surface area contributed by atoms with Crippen molar-refractivity contribution in [3.05, 3.63) is 78.1 Å². The van der Waals surface area contributed by atoms with Gasteiger partial charge in [0.05, 0.1) is 12.3 Å². The summed E-state index contributed by atoms with van der Waals surface area (Å²) in [4.78, 5) is 12.6. The maximum absolute atomic E-state index is 12.6. The maximum Gasteiger partial charge on any atom is 0.257 e. The number of hydrogen-bond acceptors (Lipinski definition) is 8. The van der Waals surface area contributed by atoms with Gasteiger partial charge in [0.2, 0.25) is 0 Å². The number of aliphatic hydroxyl groups is 1. The molecule has 2 aromatic rings. The molecule has 2 rings (SSSR count). The number of rotatable bonds is 10. The molecule has 0 fully saturated rings. The van der Waals surface area contributed by atoms with Gasteiger partial charge in [0, 0.05) is 18.7 Å². The van der Waals surface area contributed by atoms with Gasteiger partial charge in [-0.25, -0.2) is 0 Å². The van der Waals surface area contributed by atoms with Crippen LogP contribution in [-0.2, 0) is 0 Å². The number of aliphatic hydroxyl groups excluding tert-OH is 1. The van der Waals surface area contributed by atoms with E-state index in [1.165, 1.54) is 36.7 Å². The van der Waals surface area contributed by atoms with E-state index >= 15 is 0 Å². The Morgan fingerprint density at radius 2 is 1.78 bits per heavy atom. The summed E-state index contributed by atoms with van der Waals surface area (Å²) >= 11 is 0. The molecule has 168 valence electrons. The van der Waals surface area contributed by atoms with E-state index in [1.54, 1.807) is 44.3 Å². The minimum Gasteiger partial charge on any atom is -0.488 e. The normalized spacial score (nSPS) is 11.8. The molecule has 0 saturated carbocycles. The minimum atomic E-state index is -0.514. The van der Waals surface area contributed by atoms with Crippen LogP contribution in [0.1, 0.15) is 22.8 Å². The van der Waals surface area contributed by atoms with E-state index in [-0.39, 0.29) is 23.7 Å². The zero-order chi connectivity index (χ0) is 23.5. The predicted octanol–water partition coefficient (Wildman–Crippen LogP) is 2.52. The number of benzene rings is 2. The van der Waals surface area contributed by atoms with Gasteiger partial charge in [-0.1, -0.05) is 0 Å². The number of amidine groups is 1. The highest BCUT2D eigenvalue weighted by Gasteiger charge is 2.13. The van der Waals surface area contributed by atoms with Crippen molar-refractivity contribution in [3.63, 3.8) is 0 Å². The average molecular weight is 438 g/mol. The van der Waals surface area contributed by atoms with E-state index in [4.69, 9.17) is 26.0 Å². The first-order valence-electron chi connectivity index (χ1n) is 9.77. The Balaban J connectivity index is 2.28. The molecular formula is C23H27N5O4. The van der Waals surface area contributed by atoms with Gasteiger partial charge in [-0.2, -0.15) is 0 Å². The standard InChI is InChI=1S/C23H27N5O4/c1-15(14-29)31-19-11-17(23(30)28-22(26)8-10-27-2)12-20(13-19)32-18-5-3-16(4-6-18)21(25)7-9-24/h3-13,15,25,27,29H,14,24H2,1-2H3,(H2,26,28,30)/b9-7-,10-8-,25-21?/t15-/m0/s1. The smallest absolute Gasteiger partial charge is 0.257 e. The summed E-state index contributed by atoms with van der Waals surface area (Å²) in [6.45, 7) is 1.49. The summed E-state index contributed by atoms with van der Waals surface area (Å²) < 4.78 is 11.5. The van der Waals surface area contributed by atoms with Crippen LogP contribution in [0.3, 0.4) is 0 Å². The lowest BCUT2D eigenvalue weighted by Gasteiger charge is -2.15. The third-order valence-electron chi connectivity index (χ3n) is 4.07. The fourth-order valence-corrected chi connectivity index (χ4v) is 2.53. The molecule has 9 nitrogen and oxygen atoms in total. The van der Waals surface area contributed by atoms with Crippen LogP contribution in [0.4, 0.5) is 0 Å². The van der Waals surface area contributed by atoms with E-state index in [1.807, 2.05) is 0 Å². The fraction of sp³-hybridized carbons (Fsp3) is 0.174. The number of ether oxygens (including phenoxy) is 2. The molecule has 2 aromatic carbocycles. The van der Waals surface area contributed by atoms with Crippen LogP contribution in [0.15, 0.2) is 67.0 Å². The molecule has 1 amide bonds. The monoisotopic (exact) mass is 437 g/mol. The van der Waals surface area contributed by atoms with Crippen molar-refractivity contribution in [3.8, 4) is 17.2 Å². The van der Waals surface area contributed by atoms with Crippen molar-refractivity contribution >= 4 is 17.5 Å². The Kier molecular flexibility index (Phi) is 9.00. The second-order valence-corrected chi connectivity index (χ2v) is 6.69. The largest absolute Gasteiger partial charge is 0.488 e. The van der Waals surface area contributed by atoms with Gasteiger partial charge in [-0.05, 0) is 73.4 Å². The van der Waals surface area contributed by atoms with Gasteiger partial charge in [-0.15, -0.1) is 0 Å². The lowest BCUT2D eigenvalue weighted by molar-refractivity contribution is 0.0975. The Bertz CT molecular complexity index is 1020. The Morgan fingerprint density at radius 3 is 2.41 bits per heavy atom. The second kappa shape index (κ2) is 11.9. The summed E-state index contributed by atoms with van der Waals surface area (Å²) in [5.41, 5.74) is 6.48. The van der Waals surface area contributed by atoms with Gasteiger partial charge in [-0.3, -0.25) is 10.2 Å². The molecular weight excluding hydrogens is 410 g/mol. The molecule has 0 bridgehead atoms. The van der Waals surface area contributed by atoms with Gasteiger partial charge in [0.1, 0.15) is 29.2 Å². The number of nitrogens with one attached hydrogen (secondary N) is 4. The van der Waals surface area contributed by atoms with Gasteiger partial charge < -0.3 is 36.4 Å². The Labute approximate surface area is 186 Å². The molecule has 0 aliphatic carbocycles. The molecule has 1 atom stereocenters. The number of carbonyl (C=O) groups excluding carboxylic acids is 1. The van der Waals surface area contributed by atoms with E-state index in [2.05, 4.69) is 10.6 Å². The Hall–Kier alpha value is -4.11. The second-order valence-electron chi connectivity index (χ2n) is 6.69. The van der Waals surface area contributed by atoms with E-state index in [0.29, 0.717) is 22.8 Å². The third-order valence-corrected chi connectivity index (χ3v) is 4.07. The minimum absolute atomic E-state index is 0.0913. The van der Waals surface area contributed by atoms with E-state index < -0.39 is 12.0 Å². The average Bonchev–Trinajstić information content (AvgIpc) is 2.78. The summed E-state index contributed by atoms with van der Waals surface area (Å²) in [5, 5.41) is 30.2. The summed E-state index contributed by atoms with van der Waals surface area (Å²) in [6.07, 6.45) is 5.22. The quantitative estimate of drug-likeness (QED) is 0.248. The molecule has 0 radical (unpaired) electrons. The van der Waals surface area contributed by atoms with Crippen molar-refractivity contribution in [2.75, 3.05) is 13.7 Å². The van der Waals surface area contributed by atoms with Gasteiger partial charge >= 0.3 is 0 Å². The number of hydrogen-bond donors (Lipinski definition) is 6. The summed E-state index contributed by atoms with van der Waals surface area (Å²) in [7, 11) is 1.68. The van der Waals surface area contributed by atoms with E-state index in [0.717, 1.165) is 0 Å². The van der Waals surface area contributed by atoms with E-state index in [9.17, 15) is 9.90 Å². The molecule has 7 N–H and O–H groups in total. The van der Waals surface area contributed by atoms with Crippen LogP contribution in [0.5, 0.6) is 17.2 Å². The van der Waals surface area contributed by atoms with Crippen LogP contribution in [0.25, 0.3) is 0 Å². The zero-order valence-electron chi connectivity index (χ0n) is 17.9. The maximum atomic E-state index is 12.6. The van der Waals surface area contributed by atoms with Crippen LogP contribution in [0.2, 0.25) is 0 Å². The van der Waals surface area contributed by atoms with Crippen molar-refractivity contribution in [1.29, 1.82) is 10.8 Å². The first-order chi connectivity index (χ1) is 15.4. The third kappa shape index (κ3) is 7.29. The SMILES string of the molecule is CN/C=C\C(=N)NC(=O)c1cc(Oc2ccc(C(=N)/C=C\N)cc2)cc(O[C@@H](C)CO)c1. The first-order valence-corrected chi connectivity index (χ1v) is 9.77. The lowest BCUT2D eigenvalue weighted by Crippen LogP contribution is -2.28. The van der Waals surface area contributed by atoms with Crippen LogP contribution >= 0.6 is 0 Å². The van der Waals surface area contributed by atoms with Gasteiger partial charge in [0.25, 0.3) is 5.91 Å². The number of allylic oxidation sites excluding steroid dienone is 1. The van der Waals surface area contributed by atoms with Crippen molar-refractivity contribution < 1.29 is 19.4 Å². The summed E-state index contributed by atoms with van der Waals surface area (Å²) in [5.74, 6) is 0.547. The molecule has 0 saturated heterocycles. The summed E-state index contributed by atoms with van der Waals surface area (Å²) in [6, 6.07) is 11.4. The highest BCUT2D eigenvalue weighted by Crippen LogP contribution is 2.28. The lowest BCUT2D eigenvalue weighted by atomic mass is 10.1. The van der Waals surface area contributed by atoms with Crippen molar-refractivity contribution in [2.24, 2.45) is 5.73 Å². The Morgan fingerprint density at radius 1 is 1.09 bits per heavy atom. The highest BCUT2D eigenvalue weighted by atomic mass is 16.5. The van der Waals surface area contributed by atoms with Gasteiger partial charge in [0.15, 0.2) is 0 Å². The molecule has 0 aromatic heterocycles. The van der Waals surface area contributed by atoms with Crippen LogP contribution < -0.4 is 25.8 Å². The highest BCUT2D eigenvalue weighted by molar-refractivity contribution is 6.09. The number of amides is 1. The molecule has 0 spiro atoms. The molecule has 0 unspecified atom stereocenters. The van der Waals surface area contributed by atoms with Crippen molar-refractivity contribution in [2.45, 2.75) is 13.0 Å². The fourth-order valence-electron chi connectivity index (χ4n) is 2.53. The molecule has 0 aliphatic rings. The van der Waals surface area contributed by atoms with Crippen LogP contribution in [-0.4, -0.2) is 42.3 Å². The number of nitrogens with two attached hydrogens (primary N) is 1. The van der Waals surface area contributed by atoms with Crippen molar-refractivity contribution in [1.82, 2.24) is 10.6 Å². The zero-order valence-corrected chi connectivity index (χ0v) is 17.9.